The minimum atomic E-state index is -0.213. The van der Waals surface area contributed by atoms with Crippen LogP contribution >= 0.6 is 27.3 Å². The van der Waals surface area contributed by atoms with Crippen molar-refractivity contribution >= 4 is 37.5 Å². The third kappa shape index (κ3) is 2.07. The van der Waals surface area contributed by atoms with Gasteiger partial charge in [-0.3, -0.25) is 4.68 Å². The predicted octanol–water partition coefficient (Wildman–Crippen LogP) is 2.84. The number of halogens is 1. The largest absolute Gasteiger partial charge is 0.318 e. The average molecular weight is 323 g/mol. The summed E-state index contributed by atoms with van der Waals surface area (Å²) < 4.78 is 3.92. The lowest BCUT2D eigenvalue weighted by molar-refractivity contribution is 0.765. The number of aromatic nitrogens is 3. The van der Waals surface area contributed by atoms with Crippen molar-refractivity contribution in [3.8, 4) is 0 Å². The van der Waals surface area contributed by atoms with Gasteiger partial charge in [-0.25, -0.2) is 4.98 Å². The Morgan fingerprint density at radius 2 is 2.28 bits per heavy atom. The fourth-order valence-corrected chi connectivity index (χ4v) is 3.12. The Morgan fingerprint density at radius 3 is 3.00 bits per heavy atom. The lowest BCUT2D eigenvalue weighted by Crippen LogP contribution is -2.10. The van der Waals surface area contributed by atoms with Gasteiger partial charge in [0.15, 0.2) is 0 Å². The number of thiazole rings is 1. The van der Waals surface area contributed by atoms with Crippen molar-refractivity contribution in [1.82, 2.24) is 14.8 Å². The summed E-state index contributed by atoms with van der Waals surface area (Å²) in [5.41, 5.74) is 8.17. The van der Waals surface area contributed by atoms with Crippen molar-refractivity contribution in [1.29, 1.82) is 0 Å². The third-order valence-electron chi connectivity index (χ3n) is 2.72. The van der Waals surface area contributed by atoms with Crippen molar-refractivity contribution in [2.24, 2.45) is 12.8 Å². The smallest absolute Gasteiger partial charge is 0.115 e. The molecule has 0 fully saturated rings. The van der Waals surface area contributed by atoms with Gasteiger partial charge in [0, 0.05) is 23.3 Å². The van der Waals surface area contributed by atoms with E-state index < -0.39 is 0 Å². The molecule has 0 aliphatic heterocycles. The molecule has 0 saturated carbocycles. The molecule has 0 aliphatic carbocycles. The number of rotatable bonds is 2. The zero-order chi connectivity index (χ0) is 12.7. The van der Waals surface area contributed by atoms with Crippen molar-refractivity contribution in [3.05, 3.63) is 45.6 Å². The van der Waals surface area contributed by atoms with Gasteiger partial charge in [-0.15, -0.1) is 11.3 Å². The summed E-state index contributed by atoms with van der Waals surface area (Å²) in [4.78, 5) is 4.59. The summed E-state index contributed by atoms with van der Waals surface area (Å²) in [6.45, 7) is 0. The highest BCUT2D eigenvalue weighted by molar-refractivity contribution is 9.10. The molecule has 2 N–H and O–H groups in total. The number of aryl methyl sites for hydroxylation is 1. The van der Waals surface area contributed by atoms with E-state index in [1.54, 1.807) is 22.2 Å². The number of hydrogen-bond donors (Lipinski definition) is 1. The molecule has 3 aromatic rings. The fraction of sp³-hybridized carbons (Fsp3) is 0.167. The summed E-state index contributed by atoms with van der Waals surface area (Å²) in [6.07, 6.45) is 3.71. The number of nitrogens with two attached hydrogens (primary N) is 1. The molecule has 0 bridgehead atoms. The van der Waals surface area contributed by atoms with E-state index in [0.29, 0.717) is 0 Å². The standard InChI is InChI=1S/C12H11BrN4S/c1-17-6-7(5-15-17)11(14)12-16-9-4-8(13)2-3-10(9)18-12/h2-6,11H,14H2,1H3. The van der Waals surface area contributed by atoms with Crippen molar-refractivity contribution in [2.75, 3.05) is 0 Å². The van der Waals surface area contributed by atoms with Gasteiger partial charge in [0.05, 0.1) is 22.5 Å². The first-order valence-electron chi connectivity index (χ1n) is 5.43. The van der Waals surface area contributed by atoms with Crippen LogP contribution in [0.1, 0.15) is 16.6 Å². The van der Waals surface area contributed by atoms with Gasteiger partial charge in [-0.1, -0.05) is 15.9 Å². The summed E-state index contributed by atoms with van der Waals surface area (Å²) in [5, 5.41) is 5.05. The molecular formula is C12H11BrN4S. The highest BCUT2D eigenvalue weighted by Gasteiger charge is 2.15. The molecule has 18 heavy (non-hydrogen) atoms. The van der Waals surface area contributed by atoms with Crippen LogP contribution in [-0.2, 0) is 7.05 Å². The fourth-order valence-electron chi connectivity index (χ4n) is 1.79. The highest BCUT2D eigenvalue weighted by Crippen LogP contribution is 2.30. The summed E-state index contributed by atoms with van der Waals surface area (Å²) in [5.74, 6) is 0. The zero-order valence-corrected chi connectivity index (χ0v) is 12.1. The normalized spacial score (nSPS) is 13.1. The van der Waals surface area contributed by atoms with Gasteiger partial charge in [-0.05, 0) is 18.2 Å². The molecular weight excluding hydrogens is 312 g/mol. The molecule has 0 radical (unpaired) electrons. The second-order valence-electron chi connectivity index (χ2n) is 4.09. The van der Waals surface area contributed by atoms with Crippen LogP contribution in [0.4, 0.5) is 0 Å². The molecule has 1 atom stereocenters. The van der Waals surface area contributed by atoms with E-state index in [2.05, 4.69) is 32.1 Å². The first-order valence-corrected chi connectivity index (χ1v) is 7.04. The average Bonchev–Trinajstić information content (AvgIpc) is 2.93. The van der Waals surface area contributed by atoms with Crippen LogP contribution in [0.2, 0.25) is 0 Å². The molecule has 2 heterocycles. The van der Waals surface area contributed by atoms with Gasteiger partial charge in [0.25, 0.3) is 0 Å². The Hall–Kier alpha value is -1.24. The second-order valence-corrected chi connectivity index (χ2v) is 6.07. The maximum Gasteiger partial charge on any atom is 0.115 e. The summed E-state index contributed by atoms with van der Waals surface area (Å²) >= 11 is 5.07. The maximum atomic E-state index is 6.21. The number of hydrogen-bond acceptors (Lipinski definition) is 4. The zero-order valence-electron chi connectivity index (χ0n) is 9.67. The number of benzene rings is 1. The van der Waals surface area contributed by atoms with E-state index in [1.165, 1.54) is 0 Å². The molecule has 0 saturated heterocycles. The SMILES string of the molecule is Cn1cc(C(N)c2nc3cc(Br)ccc3s2)cn1. The lowest BCUT2D eigenvalue weighted by atomic mass is 10.2. The molecule has 0 amide bonds. The number of fused-ring (bicyclic) bond motifs is 1. The predicted molar refractivity (Wildman–Crippen MR) is 76.6 cm³/mol. The van der Waals surface area contributed by atoms with Gasteiger partial charge >= 0.3 is 0 Å². The van der Waals surface area contributed by atoms with Gasteiger partial charge in [-0.2, -0.15) is 5.10 Å². The Kier molecular flexibility index (Phi) is 2.93. The van der Waals surface area contributed by atoms with Crippen LogP contribution < -0.4 is 5.73 Å². The molecule has 0 aliphatic rings. The lowest BCUT2D eigenvalue weighted by Gasteiger charge is -2.03. The molecule has 3 rings (SSSR count). The van der Waals surface area contributed by atoms with E-state index in [-0.39, 0.29) is 6.04 Å². The Morgan fingerprint density at radius 1 is 1.44 bits per heavy atom. The maximum absolute atomic E-state index is 6.21. The van der Waals surface area contributed by atoms with Crippen LogP contribution in [0.3, 0.4) is 0 Å². The van der Waals surface area contributed by atoms with Gasteiger partial charge in [0.2, 0.25) is 0 Å². The summed E-state index contributed by atoms with van der Waals surface area (Å²) in [7, 11) is 1.88. The Labute approximate surface area is 117 Å². The van der Waals surface area contributed by atoms with Gasteiger partial charge in [0.1, 0.15) is 5.01 Å². The van der Waals surface area contributed by atoms with Crippen LogP contribution in [0.25, 0.3) is 10.2 Å². The topological polar surface area (TPSA) is 56.7 Å². The van der Waals surface area contributed by atoms with E-state index in [1.807, 2.05) is 25.4 Å². The minimum absolute atomic E-state index is 0.213. The molecule has 6 heteroatoms. The van der Waals surface area contributed by atoms with Crippen molar-refractivity contribution in [2.45, 2.75) is 6.04 Å². The molecule has 1 aromatic carbocycles. The van der Waals surface area contributed by atoms with Crippen molar-refractivity contribution in [3.63, 3.8) is 0 Å². The number of nitrogens with zero attached hydrogens (tertiary/aromatic N) is 3. The first kappa shape index (κ1) is 11.8. The molecule has 0 spiro atoms. The highest BCUT2D eigenvalue weighted by atomic mass is 79.9. The Balaban J connectivity index is 2.03. The first-order chi connectivity index (χ1) is 8.63. The second kappa shape index (κ2) is 4.46. The molecule has 4 nitrogen and oxygen atoms in total. The van der Waals surface area contributed by atoms with Crippen LogP contribution in [0.5, 0.6) is 0 Å². The summed E-state index contributed by atoms with van der Waals surface area (Å²) in [6, 6.07) is 5.86. The third-order valence-corrected chi connectivity index (χ3v) is 4.33. The molecule has 1 unspecified atom stereocenters. The molecule has 2 aromatic heterocycles. The van der Waals surface area contributed by atoms with Gasteiger partial charge < -0.3 is 5.73 Å². The van der Waals surface area contributed by atoms with E-state index in [0.717, 1.165) is 25.3 Å². The van der Waals surface area contributed by atoms with Crippen LogP contribution in [-0.4, -0.2) is 14.8 Å². The quantitative estimate of drug-likeness (QED) is 0.789. The Bertz CT molecular complexity index is 703. The van der Waals surface area contributed by atoms with Crippen LogP contribution in [0, 0.1) is 0 Å². The van der Waals surface area contributed by atoms with Crippen LogP contribution in [0.15, 0.2) is 35.1 Å². The monoisotopic (exact) mass is 322 g/mol. The minimum Gasteiger partial charge on any atom is -0.318 e. The van der Waals surface area contributed by atoms with E-state index in [9.17, 15) is 0 Å². The van der Waals surface area contributed by atoms with E-state index in [4.69, 9.17) is 5.73 Å². The molecule has 92 valence electrons. The van der Waals surface area contributed by atoms with Crippen molar-refractivity contribution < 1.29 is 0 Å². The van der Waals surface area contributed by atoms with E-state index >= 15 is 0 Å².